The summed E-state index contributed by atoms with van der Waals surface area (Å²) in [6.45, 7) is 1.50. The average molecular weight is 271 g/mol. The zero-order valence-electron chi connectivity index (χ0n) is 10.5. The fourth-order valence-electron chi connectivity index (χ4n) is 2.09. The van der Waals surface area contributed by atoms with Crippen molar-refractivity contribution in [2.45, 2.75) is 17.7 Å². The van der Waals surface area contributed by atoms with Crippen molar-refractivity contribution in [1.29, 1.82) is 0 Å². The van der Waals surface area contributed by atoms with Crippen LogP contribution in [0.1, 0.15) is 23.3 Å². The second-order valence-corrected chi connectivity index (χ2v) is 6.27. The van der Waals surface area contributed by atoms with Crippen LogP contribution in [0.3, 0.4) is 0 Å². The molecule has 7 heteroatoms. The third-order valence-corrected chi connectivity index (χ3v) is 4.55. The molecule has 1 aliphatic rings. The molecule has 0 atom stereocenters. The molecule has 18 heavy (non-hydrogen) atoms. The lowest BCUT2D eigenvalue weighted by Gasteiger charge is -2.15. The highest BCUT2D eigenvalue weighted by Gasteiger charge is 2.24. The van der Waals surface area contributed by atoms with Crippen LogP contribution in [-0.2, 0) is 17.1 Å². The zero-order chi connectivity index (χ0) is 13.3. The third-order valence-electron chi connectivity index (χ3n) is 3.17. The third kappa shape index (κ3) is 2.28. The smallest absolute Gasteiger partial charge is 0.270 e. The lowest BCUT2D eigenvalue weighted by atomic mass is 10.3. The van der Waals surface area contributed by atoms with Gasteiger partial charge in [0.15, 0.2) is 0 Å². The molecule has 0 aromatic carbocycles. The summed E-state index contributed by atoms with van der Waals surface area (Å²) in [4.78, 5) is 14.1. The molecule has 1 N–H and O–H groups in total. The molecule has 0 bridgehead atoms. The molecule has 1 fully saturated rings. The van der Waals surface area contributed by atoms with Gasteiger partial charge in [0.1, 0.15) is 10.6 Å². The van der Waals surface area contributed by atoms with Crippen LogP contribution in [0.25, 0.3) is 0 Å². The van der Waals surface area contributed by atoms with Crippen molar-refractivity contribution in [2.24, 2.45) is 7.05 Å². The second kappa shape index (κ2) is 4.74. The van der Waals surface area contributed by atoms with E-state index in [-0.39, 0.29) is 10.8 Å². The Morgan fingerprint density at radius 3 is 2.50 bits per heavy atom. The van der Waals surface area contributed by atoms with E-state index >= 15 is 0 Å². The number of hydrogen-bond acceptors (Lipinski definition) is 3. The highest BCUT2D eigenvalue weighted by atomic mass is 32.2. The van der Waals surface area contributed by atoms with Crippen LogP contribution in [0.4, 0.5) is 0 Å². The summed E-state index contributed by atoms with van der Waals surface area (Å²) in [6.07, 6.45) is 3.48. The van der Waals surface area contributed by atoms with Crippen LogP contribution in [0.5, 0.6) is 0 Å². The predicted octanol–water partition coefficient (Wildman–Crippen LogP) is 0.169. The van der Waals surface area contributed by atoms with Crippen LogP contribution in [0.15, 0.2) is 17.2 Å². The molecule has 100 valence electrons. The number of rotatable bonds is 3. The fourth-order valence-corrected chi connectivity index (χ4v) is 2.89. The number of aryl methyl sites for hydroxylation is 1. The Morgan fingerprint density at radius 1 is 1.33 bits per heavy atom. The molecule has 2 heterocycles. The van der Waals surface area contributed by atoms with E-state index in [1.807, 2.05) is 0 Å². The summed E-state index contributed by atoms with van der Waals surface area (Å²) in [5, 5.41) is 0. The van der Waals surface area contributed by atoms with Crippen molar-refractivity contribution < 1.29 is 13.2 Å². The van der Waals surface area contributed by atoms with Crippen LogP contribution < -0.4 is 4.72 Å². The lowest BCUT2D eigenvalue weighted by molar-refractivity contribution is 0.0783. The van der Waals surface area contributed by atoms with Crippen molar-refractivity contribution in [1.82, 2.24) is 14.2 Å². The second-order valence-electron chi connectivity index (χ2n) is 4.38. The molecular formula is C11H17N3O3S. The summed E-state index contributed by atoms with van der Waals surface area (Å²) < 4.78 is 27.1. The zero-order valence-corrected chi connectivity index (χ0v) is 11.3. The first-order valence-electron chi connectivity index (χ1n) is 5.85. The quantitative estimate of drug-likeness (QED) is 0.852. The number of nitrogens with zero attached hydrogens (tertiary/aromatic N) is 2. The minimum Gasteiger partial charge on any atom is -0.345 e. The Morgan fingerprint density at radius 2 is 1.94 bits per heavy atom. The van der Waals surface area contributed by atoms with E-state index in [4.69, 9.17) is 0 Å². The van der Waals surface area contributed by atoms with E-state index in [2.05, 4.69) is 4.72 Å². The normalized spacial score (nSPS) is 16.2. The van der Waals surface area contributed by atoms with Crippen LogP contribution in [-0.4, -0.2) is 43.9 Å². The van der Waals surface area contributed by atoms with Gasteiger partial charge >= 0.3 is 0 Å². The number of amides is 1. The van der Waals surface area contributed by atoms with Gasteiger partial charge in [-0.25, -0.2) is 13.1 Å². The molecule has 1 aliphatic heterocycles. The summed E-state index contributed by atoms with van der Waals surface area (Å²) in [5.74, 6) is -0.104. The number of likely N-dealkylation sites (tertiary alicyclic amines) is 1. The molecule has 0 unspecified atom stereocenters. The highest BCUT2D eigenvalue weighted by molar-refractivity contribution is 7.89. The average Bonchev–Trinajstić information content (AvgIpc) is 2.97. The van der Waals surface area contributed by atoms with Gasteiger partial charge < -0.3 is 9.47 Å². The summed E-state index contributed by atoms with van der Waals surface area (Å²) >= 11 is 0. The fraction of sp³-hybridized carbons (Fsp3) is 0.545. The maximum Gasteiger partial charge on any atom is 0.270 e. The van der Waals surface area contributed by atoms with Crippen LogP contribution in [0, 0.1) is 0 Å². The number of carbonyl (C=O) groups is 1. The van der Waals surface area contributed by atoms with Gasteiger partial charge in [-0.3, -0.25) is 4.79 Å². The molecule has 6 nitrogen and oxygen atoms in total. The number of nitrogens with one attached hydrogen (secondary N) is 1. The summed E-state index contributed by atoms with van der Waals surface area (Å²) in [5.41, 5.74) is 0.408. The summed E-state index contributed by atoms with van der Waals surface area (Å²) in [6, 6.07) is 1.42. The van der Waals surface area contributed by atoms with Crippen LogP contribution in [0.2, 0.25) is 0 Å². The molecule has 2 rings (SSSR count). The molecule has 0 aliphatic carbocycles. The van der Waals surface area contributed by atoms with Crippen molar-refractivity contribution in [3.63, 3.8) is 0 Å². The highest BCUT2D eigenvalue weighted by Crippen LogP contribution is 2.17. The Hall–Kier alpha value is -1.34. The first-order valence-corrected chi connectivity index (χ1v) is 7.33. The van der Waals surface area contributed by atoms with E-state index < -0.39 is 10.0 Å². The predicted molar refractivity (Wildman–Crippen MR) is 66.8 cm³/mol. The number of aromatic nitrogens is 1. The Labute approximate surface area is 107 Å². The molecule has 1 saturated heterocycles. The summed E-state index contributed by atoms with van der Waals surface area (Å²) in [7, 11) is -0.468. The van der Waals surface area contributed by atoms with E-state index in [0.29, 0.717) is 5.69 Å². The molecular weight excluding hydrogens is 254 g/mol. The van der Waals surface area contributed by atoms with Crippen molar-refractivity contribution in [3.8, 4) is 0 Å². The topological polar surface area (TPSA) is 71.4 Å². The standard InChI is InChI=1S/C11H17N3O3S/c1-12-18(16,17)9-7-10(13(2)8-9)11(15)14-5-3-4-6-14/h7-8,12H,3-6H2,1-2H3. The molecule has 1 amide bonds. The Balaban J connectivity index is 2.32. The van der Waals surface area contributed by atoms with Gasteiger partial charge in [-0.2, -0.15) is 0 Å². The van der Waals surface area contributed by atoms with Gasteiger partial charge in [0.25, 0.3) is 5.91 Å². The van der Waals surface area contributed by atoms with Gasteiger partial charge in [0.2, 0.25) is 10.0 Å². The minimum absolute atomic E-state index is 0.104. The molecule has 0 radical (unpaired) electrons. The number of sulfonamides is 1. The van der Waals surface area contributed by atoms with Gasteiger partial charge in [-0.15, -0.1) is 0 Å². The molecule has 0 spiro atoms. The minimum atomic E-state index is -3.50. The van der Waals surface area contributed by atoms with Gasteiger partial charge in [-0.05, 0) is 26.0 Å². The molecule has 1 aromatic rings. The monoisotopic (exact) mass is 271 g/mol. The first-order chi connectivity index (χ1) is 8.45. The largest absolute Gasteiger partial charge is 0.345 e. The van der Waals surface area contributed by atoms with Gasteiger partial charge in [0.05, 0.1) is 0 Å². The Kier molecular flexibility index (Phi) is 3.45. The first kappa shape index (κ1) is 13.1. The van der Waals surface area contributed by atoms with E-state index in [0.717, 1.165) is 25.9 Å². The Bertz CT molecular complexity index is 556. The van der Waals surface area contributed by atoms with Gasteiger partial charge in [-0.1, -0.05) is 0 Å². The van der Waals surface area contributed by atoms with Crippen molar-refractivity contribution >= 4 is 15.9 Å². The SMILES string of the molecule is CNS(=O)(=O)c1cc(C(=O)N2CCCC2)n(C)c1. The van der Waals surface area contributed by atoms with E-state index in [9.17, 15) is 13.2 Å². The molecule has 1 aromatic heterocycles. The molecule has 0 saturated carbocycles. The number of hydrogen-bond donors (Lipinski definition) is 1. The maximum absolute atomic E-state index is 12.2. The van der Waals surface area contributed by atoms with Crippen molar-refractivity contribution in [3.05, 3.63) is 18.0 Å². The van der Waals surface area contributed by atoms with E-state index in [1.54, 1.807) is 16.5 Å². The number of carbonyl (C=O) groups excluding carboxylic acids is 1. The maximum atomic E-state index is 12.2. The van der Waals surface area contributed by atoms with Gasteiger partial charge in [0, 0.05) is 26.3 Å². The van der Waals surface area contributed by atoms with Crippen molar-refractivity contribution in [2.75, 3.05) is 20.1 Å². The lowest BCUT2D eigenvalue weighted by Crippen LogP contribution is -2.29. The van der Waals surface area contributed by atoms with Crippen LogP contribution >= 0.6 is 0 Å². The van der Waals surface area contributed by atoms with E-state index in [1.165, 1.54) is 19.3 Å².